The first-order valence-corrected chi connectivity index (χ1v) is 8.80. The predicted octanol–water partition coefficient (Wildman–Crippen LogP) is 0.954. The van der Waals surface area contributed by atoms with Crippen molar-refractivity contribution in [2.75, 3.05) is 45.7 Å². The Morgan fingerprint density at radius 2 is 1.67 bits per heavy atom. The number of nitrogens with zero attached hydrogens (tertiary/aromatic N) is 1. The van der Waals surface area contributed by atoms with Gasteiger partial charge in [-0.3, -0.25) is 0 Å². The highest BCUT2D eigenvalue weighted by molar-refractivity contribution is 5.65. The second kappa shape index (κ2) is 12.3. The average molecular weight is 328 g/mol. The molecule has 0 fully saturated rings. The van der Waals surface area contributed by atoms with Gasteiger partial charge < -0.3 is 9.80 Å². The van der Waals surface area contributed by atoms with Gasteiger partial charge in [-0.25, -0.2) is 4.99 Å². The van der Waals surface area contributed by atoms with Crippen LogP contribution in [0, 0.1) is 0 Å². The molecule has 0 aromatic heterocycles. The van der Waals surface area contributed by atoms with Gasteiger partial charge in [-0.1, -0.05) is 42.5 Å². The van der Waals surface area contributed by atoms with Gasteiger partial charge in [-0.05, 0) is 24.6 Å². The molecule has 3 nitrogen and oxygen atoms in total. The van der Waals surface area contributed by atoms with Gasteiger partial charge in [-0.2, -0.15) is 0 Å². The number of allylic oxidation sites excluding steroid dienone is 5. The monoisotopic (exact) mass is 327 g/mol. The van der Waals surface area contributed by atoms with Crippen LogP contribution in [-0.4, -0.2) is 47.0 Å². The topological polar surface area (TPSA) is 21.7 Å². The molecule has 1 rings (SSSR count). The van der Waals surface area contributed by atoms with Crippen LogP contribution in [0.4, 0.5) is 5.69 Å². The summed E-state index contributed by atoms with van der Waals surface area (Å²) in [6.07, 6.45) is 15.4. The van der Waals surface area contributed by atoms with Crippen molar-refractivity contribution >= 4 is 18.0 Å². The molecule has 0 saturated heterocycles. The molecular formula is C21H33N3+2. The highest BCUT2D eigenvalue weighted by Crippen LogP contribution is 2.14. The fourth-order valence-electron chi connectivity index (χ4n) is 2.24. The van der Waals surface area contributed by atoms with Crippen LogP contribution in [0.2, 0.25) is 0 Å². The van der Waals surface area contributed by atoms with E-state index in [9.17, 15) is 0 Å². The fraction of sp³-hybridized carbons (Fsp3) is 0.381. The molecule has 0 aliphatic carbocycles. The highest BCUT2D eigenvalue weighted by Gasteiger charge is 2.01. The van der Waals surface area contributed by atoms with E-state index in [0.717, 1.165) is 13.1 Å². The first-order valence-electron chi connectivity index (χ1n) is 8.80. The maximum Gasteiger partial charge on any atom is 0.161 e. The lowest BCUT2D eigenvalue weighted by atomic mass is 10.2. The Balaban J connectivity index is 2.43. The van der Waals surface area contributed by atoms with Gasteiger partial charge in [0.1, 0.15) is 6.54 Å². The van der Waals surface area contributed by atoms with Crippen LogP contribution in [-0.2, 0) is 0 Å². The zero-order chi connectivity index (χ0) is 17.6. The average Bonchev–Trinajstić information content (AvgIpc) is 2.57. The lowest BCUT2D eigenvalue weighted by molar-refractivity contribution is -0.858. The fourth-order valence-corrected chi connectivity index (χ4v) is 2.24. The molecule has 0 aliphatic rings. The van der Waals surface area contributed by atoms with E-state index in [-0.39, 0.29) is 0 Å². The van der Waals surface area contributed by atoms with E-state index < -0.39 is 0 Å². The highest BCUT2D eigenvalue weighted by atomic mass is 15.1. The molecule has 0 amide bonds. The third-order valence-electron chi connectivity index (χ3n) is 3.66. The smallest absolute Gasteiger partial charge is 0.161 e. The Bertz CT molecular complexity index is 551. The number of hydrogen-bond acceptors (Lipinski definition) is 1. The molecule has 0 bridgehead atoms. The number of quaternary nitrogens is 1. The summed E-state index contributed by atoms with van der Waals surface area (Å²) in [7, 11) is 6.56. The third kappa shape index (κ3) is 9.11. The van der Waals surface area contributed by atoms with Crippen molar-refractivity contribution in [1.29, 1.82) is 0 Å². The van der Waals surface area contributed by atoms with E-state index in [4.69, 9.17) is 0 Å². The Hall–Kier alpha value is -2.13. The van der Waals surface area contributed by atoms with Crippen LogP contribution in [0.15, 0.2) is 54.6 Å². The van der Waals surface area contributed by atoms with Gasteiger partial charge in [0.15, 0.2) is 6.21 Å². The third-order valence-corrected chi connectivity index (χ3v) is 3.66. The molecule has 2 N–H and O–H groups in total. The largest absolute Gasteiger partial charge is 0.374 e. The van der Waals surface area contributed by atoms with E-state index in [0.29, 0.717) is 0 Å². The summed E-state index contributed by atoms with van der Waals surface area (Å²) in [6, 6.07) is 8.72. The van der Waals surface area contributed by atoms with Crippen molar-refractivity contribution in [3.8, 4) is 0 Å². The number of nitrogens with one attached hydrogen (secondary N) is 2. The Morgan fingerprint density at radius 1 is 1.00 bits per heavy atom. The minimum absolute atomic E-state index is 0.954. The Labute approximate surface area is 147 Å². The van der Waals surface area contributed by atoms with Crippen LogP contribution in [0.25, 0.3) is 6.08 Å². The van der Waals surface area contributed by atoms with Gasteiger partial charge in [-0.15, -0.1) is 0 Å². The molecule has 0 unspecified atom stereocenters. The minimum Gasteiger partial charge on any atom is -0.374 e. The number of rotatable bonds is 10. The molecule has 1 aromatic rings. The number of hydrogen-bond donors (Lipinski definition) is 2. The van der Waals surface area contributed by atoms with Crippen LogP contribution in [0.3, 0.4) is 0 Å². The lowest BCUT2D eigenvalue weighted by Gasteiger charge is -2.19. The van der Waals surface area contributed by atoms with Gasteiger partial charge >= 0.3 is 0 Å². The van der Waals surface area contributed by atoms with Crippen molar-refractivity contribution in [1.82, 2.24) is 0 Å². The summed E-state index contributed by atoms with van der Waals surface area (Å²) in [5, 5.41) is 0. The summed E-state index contributed by atoms with van der Waals surface area (Å²) >= 11 is 0. The molecule has 0 heterocycles. The molecule has 0 spiro atoms. The Kier molecular flexibility index (Phi) is 10.2. The summed E-state index contributed by atoms with van der Waals surface area (Å²) in [6.45, 7) is 5.34. The van der Waals surface area contributed by atoms with Crippen molar-refractivity contribution in [2.45, 2.75) is 13.3 Å². The zero-order valence-electron chi connectivity index (χ0n) is 15.6. The summed E-state index contributed by atoms with van der Waals surface area (Å²) in [5.41, 5.74) is 2.50. The molecule has 0 atom stereocenters. The van der Waals surface area contributed by atoms with E-state index in [1.54, 1.807) is 0 Å². The summed E-state index contributed by atoms with van der Waals surface area (Å²) < 4.78 is 0. The molecule has 3 heteroatoms. The van der Waals surface area contributed by atoms with Gasteiger partial charge in [0.25, 0.3) is 0 Å². The zero-order valence-corrected chi connectivity index (χ0v) is 15.6. The molecule has 24 heavy (non-hydrogen) atoms. The molecule has 0 radical (unpaired) electrons. The summed E-state index contributed by atoms with van der Waals surface area (Å²) in [5.74, 6) is 0. The molecule has 0 saturated carbocycles. The molecular weight excluding hydrogens is 294 g/mol. The van der Waals surface area contributed by atoms with E-state index in [2.05, 4.69) is 74.4 Å². The first-order chi connectivity index (χ1) is 11.6. The van der Waals surface area contributed by atoms with E-state index >= 15 is 0 Å². The SMILES string of the molecule is CC[NH+]=C\C=C/C=C/C=C/c1ccc(N(C)CCC[NH+](C)C)cc1. The number of benzene rings is 1. The first kappa shape index (κ1) is 19.9. The standard InChI is InChI=1S/C21H31N3/c1-5-22-17-10-8-6-7-9-12-20-13-15-21(16-14-20)24(4)19-11-18-23(2)3/h6-10,12-17H,5,11,18-19H2,1-4H3/p+2/b7-6+,10-8-,12-9+,22-17?. The lowest BCUT2D eigenvalue weighted by Crippen LogP contribution is -3.05. The van der Waals surface area contributed by atoms with Gasteiger partial charge in [0, 0.05) is 31.8 Å². The van der Waals surface area contributed by atoms with E-state index in [1.807, 2.05) is 30.5 Å². The maximum atomic E-state index is 3.13. The number of anilines is 1. The van der Waals surface area contributed by atoms with Crippen molar-refractivity contribution in [3.05, 3.63) is 60.2 Å². The van der Waals surface area contributed by atoms with Crippen LogP contribution >= 0.6 is 0 Å². The van der Waals surface area contributed by atoms with Crippen LogP contribution < -0.4 is 14.8 Å². The molecule has 1 aromatic carbocycles. The molecule has 0 aliphatic heterocycles. The quantitative estimate of drug-likeness (QED) is 0.485. The van der Waals surface area contributed by atoms with Crippen LogP contribution in [0.1, 0.15) is 18.9 Å². The minimum atomic E-state index is 0.954. The maximum absolute atomic E-state index is 3.13. The van der Waals surface area contributed by atoms with Crippen LogP contribution in [0.5, 0.6) is 0 Å². The van der Waals surface area contributed by atoms with E-state index in [1.165, 1.54) is 29.1 Å². The summed E-state index contributed by atoms with van der Waals surface area (Å²) in [4.78, 5) is 6.96. The van der Waals surface area contributed by atoms with Gasteiger partial charge in [0.05, 0.1) is 20.6 Å². The second-order valence-corrected chi connectivity index (χ2v) is 6.18. The van der Waals surface area contributed by atoms with Gasteiger partial charge in [0.2, 0.25) is 0 Å². The molecule has 130 valence electrons. The van der Waals surface area contributed by atoms with Crippen molar-refractivity contribution in [2.24, 2.45) is 0 Å². The van der Waals surface area contributed by atoms with Crippen molar-refractivity contribution in [3.63, 3.8) is 0 Å². The normalized spacial score (nSPS) is 12.5. The predicted molar refractivity (Wildman–Crippen MR) is 107 cm³/mol. The van der Waals surface area contributed by atoms with Crippen molar-refractivity contribution < 1.29 is 9.89 Å². The second-order valence-electron chi connectivity index (χ2n) is 6.18. The Morgan fingerprint density at radius 3 is 2.33 bits per heavy atom.